The van der Waals surface area contributed by atoms with Crippen LogP contribution in [0.3, 0.4) is 0 Å². The number of hydrogen-bond donors (Lipinski definition) is 0. The van der Waals surface area contributed by atoms with Crippen LogP contribution in [0.15, 0.2) is 0 Å². The number of carbonyl (C=O) groups is 2. The van der Waals surface area contributed by atoms with Crippen molar-refractivity contribution in [3.05, 3.63) is 22.5 Å². The van der Waals surface area contributed by atoms with Gasteiger partial charge in [-0.2, -0.15) is 10.2 Å². The summed E-state index contributed by atoms with van der Waals surface area (Å²) in [5.74, 6) is -0.246. The quantitative estimate of drug-likeness (QED) is 0.678. The Morgan fingerprint density at radius 3 is 1.52 bits per heavy atom. The smallest absolute Gasteiger partial charge is 0.168 e. The van der Waals surface area contributed by atoms with E-state index in [1.54, 1.807) is 0 Å². The molecule has 1 heterocycles. The SMILES string of the molecule is CCC(C)c1nnc(C(C)C)c(C(=O)C(C)C)c1C(=O)C(C)C. The topological polar surface area (TPSA) is 59.9 Å². The van der Waals surface area contributed by atoms with Crippen LogP contribution in [0.1, 0.15) is 106 Å². The van der Waals surface area contributed by atoms with Crippen LogP contribution in [0.5, 0.6) is 0 Å². The number of hydrogen-bond acceptors (Lipinski definition) is 4. The van der Waals surface area contributed by atoms with Crippen LogP contribution >= 0.6 is 0 Å². The van der Waals surface area contributed by atoms with Crippen molar-refractivity contribution in [1.82, 2.24) is 10.2 Å². The Morgan fingerprint density at radius 2 is 1.17 bits per heavy atom. The molecule has 0 bridgehead atoms. The minimum atomic E-state index is -0.180. The van der Waals surface area contributed by atoms with Crippen molar-refractivity contribution >= 4 is 11.6 Å². The van der Waals surface area contributed by atoms with Crippen molar-refractivity contribution in [2.24, 2.45) is 11.8 Å². The zero-order valence-corrected chi connectivity index (χ0v) is 15.7. The van der Waals surface area contributed by atoms with Crippen molar-refractivity contribution in [3.8, 4) is 0 Å². The van der Waals surface area contributed by atoms with Gasteiger partial charge in [0.25, 0.3) is 0 Å². The average molecular weight is 318 g/mol. The Kier molecular flexibility index (Phi) is 6.60. The standard InChI is InChI=1S/C19H30N2O2/c1-9-13(8)17-15(19(23)12(6)7)14(18(22)11(4)5)16(10(2)3)20-21-17/h10-13H,9H2,1-8H3. The van der Waals surface area contributed by atoms with Gasteiger partial charge in [0, 0.05) is 17.8 Å². The summed E-state index contributed by atoms with van der Waals surface area (Å²) < 4.78 is 0. The van der Waals surface area contributed by atoms with E-state index < -0.39 is 0 Å². The highest BCUT2D eigenvalue weighted by molar-refractivity contribution is 6.11. The summed E-state index contributed by atoms with van der Waals surface area (Å²) in [4.78, 5) is 25.7. The van der Waals surface area contributed by atoms with Gasteiger partial charge in [-0.3, -0.25) is 9.59 Å². The van der Waals surface area contributed by atoms with Crippen LogP contribution in [-0.4, -0.2) is 21.8 Å². The van der Waals surface area contributed by atoms with Gasteiger partial charge in [0.1, 0.15) is 0 Å². The third-order valence-corrected chi connectivity index (χ3v) is 4.20. The van der Waals surface area contributed by atoms with Crippen molar-refractivity contribution in [2.45, 2.75) is 73.6 Å². The molecule has 1 aromatic rings. The lowest BCUT2D eigenvalue weighted by Gasteiger charge is -2.21. The van der Waals surface area contributed by atoms with E-state index in [0.29, 0.717) is 22.5 Å². The highest BCUT2D eigenvalue weighted by atomic mass is 16.1. The Balaban J connectivity index is 3.83. The molecule has 0 N–H and O–H groups in total. The second kappa shape index (κ2) is 7.80. The molecule has 0 saturated carbocycles. The maximum absolute atomic E-state index is 12.9. The first kappa shape index (κ1) is 19.5. The molecule has 0 aromatic carbocycles. The number of Topliss-reactive ketones (excluding diaryl/α,β-unsaturated/α-hetero) is 2. The molecule has 1 unspecified atom stereocenters. The number of rotatable bonds is 7. The highest BCUT2D eigenvalue weighted by Crippen LogP contribution is 2.31. The fraction of sp³-hybridized carbons (Fsp3) is 0.684. The molecule has 0 aliphatic rings. The largest absolute Gasteiger partial charge is 0.294 e. The van der Waals surface area contributed by atoms with Crippen LogP contribution < -0.4 is 0 Å². The third-order valence-electron chi connectivity index (χ3n) is 4.20. The molecule has 0 fully saturated rings. The molecular weight excluding hydrogens is 288 g/mol. The summed E-state index contributed by atoms with van der Waals surface area (Å²) >= 11 is 0. The summed E-state index contributed by atoms with van der Waals surface area (Å²) in [6.45, 7) is 15.5. The van der Waals surface area contributed by atoms with Gasteiger partial charge in [0.05, 0.1) is 22.5 Å². The predicted octanol–water partition coefficient (Wildman–Crippen LogP) is 4.79. The molecule has 1 aromatic heterocycles. The second-order valence-corrected chi connectivity index (χ2v) is 7.22. The van der Waals surface area contributed by atoms with Gasteiger partial charge in [0.15, 0.2) is 11.6 Å². The lowest BCUT2D eigenvalue weighted by molar-refractivity contribution is 0.0902. The summed E-state index contributed by atoms with van der Waals surface area (Å²) in [7, 11) is 0. The molecule has 0 spiro atoms. The summed E-state index contributed by atoms with van der Waals surface area (Å²) in [6, 6.07) is 0. The zero-order chi connectivity index (χ0) is 17.9. The van der Waals surface area contributed by atoms with E-state index >= 15 is 0 Å². The summed E-state index contributed by atoms with van der Waals surface area (Å²) in [5.41, 5.74) is 2.31. The van der Waals surface area contributed by atoms with Gasteiger partial charge < -0.3 is 0 Å². The predicted molar refractivity (Wildman–Crippen MR) is 93.2 cm³/mol. The van der Waals surface area contributed by atoms with E-state index in [9.17, 15) is 9.59 Å². The van der Waals surface area contributed by atoms with Crippen LogP contribution in [0.25, 0.3) is 0 Å². The average Bonchev–Trinajstić information content (AvgIpc) is 2.50. The minimum absolute atomic E-state index is 0.0129. The van der Waals surface area contributed by atoms with E-state index in [-0.39, 0.29) is 35.2 Å². The van der Waals surface area contributed by atoms with Gasteiger partial charge in [-0.05, 0) is 12.3 Å². The lowest BCUT2D eigenvalue weighted by atomic mass is 9.84. The van der Waals surface area contributed by atoms with E-state index in [1.807, 2.05) is 48.5 Å². The molecule has 1 rings (SSSR count). The third kappa shape index (κ3) is 4.04. The van der Waals surface area contributed by atoms with Crippen LogP contribution in [0.4, 0.5) is 0 Å². The highest BCUT2D eigenvalue weighted by Gasteiger charge is 2.31. The fourth-order valence-electron chi connectivity index (χ4n) is 2.48. The molecule has 23 heavy (non-hydrogen) atoms. The number of aromatic nitrogens is 2. The molecule has 0 saturated heterocycles. The molecule has 0 radical (unpaired) electrons. The Morgan fingerprint density at radius 1 is 0.783 bits per heavy atom. The molecule has 0 aliphatic heterocycles. The van der Waals surface area contributed by atoms with E-state index in [2.05, 4.69) is 17.1 Å². The first-order chi connectivity index (χ1) is 10.6. The first-order valence-corrected chi connectivity index (χ1v) is 8.62. The van der Waals surface area contributed by atoms with Gasteiger partial charge in [-0.25, -0.2) is 0 Å². The monoisotopic (exact) mass is 318 g/mol. The summed E-state index contributed by atoms with van der Waals surface area (Å²) in [6.07, 6.45) is 0.851. The molecule has 0 amide bonds. The maximum atomic E-state index is 12.9. The molecule has 4 heteroatoms. The minimum Gasteiger partial charge on any atom is -0.294 e. The van der Waals surface area contributed by atoms with Gasteiger partial charge >= 0.3 is 0 Å². The molecule has 0 aliphatic carbocycles. The van der Waals surface area contributed by atoms with E-state index in [4.69, 9.17) is 0 Å². The molecule has 4 nitrogen and oxygen atoms in total. The Labute approximate surface area is 140 Å². The van der Waals surface area contributed by atoms with E-state index in [0.717, 1.165) is 6.42 Å². The van der Waals surface area contributed by atoms with Crippen LogP contribution in [0.2, 0.25) is 0 Å². The second-order valence-electron chi connectivity index (χ2n) is 7.22. The summed E-state index contributed by atoms with van der Waals surface area (Å²) in [5, 5.41) is 8.68. The van der Waals surface area contributed by atoms with Crippen molar-refractivity contribution < 1.29 is 9.59 Å². The van der Waals surface area contributed by atoms with E-state index in [1.165, 1.54) is 0 Å². The maximum Gasteiger partial charge on any atom is 0.168 e. The van der Waals surface area contributed by atoms with Crippen molar-refractivity contribution in [2.75, 3.05) is 0 Å². The normalized spacial score (nSPS) is 13.0. The van der Waals surface area contributed by atoms with Crippen molar-refractivity contribution in [1.29, 1.82) is 0 Å². The Bertz CT molecular complexity index is 589. The van der Waals surface area contributed by atoms with Crippen LogP contribution in [-0.2, 0) is 0 Å². The van der Waals surface area contributed by atoms with Gasteiger partial charge in [0.2, 0.25) is 0 Å². The molecule has 128 valence electrons. The number of ketones is 2. The molecular formula is C19H30N2O2. The number of carbonyl (C=O) groups excluding carboxylic acids is 2. The fourth-order valence-corrected chi connectivity index (χ4v) is 2.48. The lowest BCUT2D eigenvalue weighted by Crippen LogP contribution is -2.24. The van der Waals surface area contributed by atoms with Crippen molar-refractivity contribution in [3.63, 3.8) is 0 Å². The molecule has 1 atom stereocenters. The number of nitrogens with zero attached hydrogens (tertiary/aromatic N) is 2. The van der Waals surface area contributed by atoms with Crippen LogP contribution in [0, 0.1) is 11.8 Å². The first-order valence-electron chi connectivity index (χ1n) is 8.62. The zero-order valence-electron chi connectivity index (χ0n) is 15.7. The van der Waals surface area contributed by atoms with Gasteiger partial charge in [-0.15, -0.1) is 0 Å². The van der Waals surface area contributed by atoms with Gasteiger partial charge in [-0.1, -0.05) is 55.4 Å². The Hall–Kier alpha value is -1.58.